The first-order valence-electron chi connectivity index (χ1n) is 4.70. The topological polar surface area (TPSA) is 63.9 Å². The average molecular weight is 203 g/mol. The molecule has 4 nitrogen and oxygen atoms in total. The summed E-state index contributed by atoms with van der Waals surface area (Å²) in [6.07, 6.45) is -0.143. The Balaban J connectivity index is 2.33. The maximum atomic E-state index is 5.55. The summed E-state index contributed by atoms with van der Waals surface area (Å²) in [7, 11) is 1.66. The summed E-state index contributed by atoms with van der Waals surface area (Å²) in [5, 5.41) is 6.74. The van der Waals surface area contributed by atoms with Crippen LogP contribution < -0.4 is 5.73 Å². The van der Waals surface area contributed by atoms with Crippen LogP contribution in [0.1, 0.15) is 17.4 Å². The highest BCUT2D eigenvalue weighted by atomic mass is 16.5. The second kappa shape index (κ2) is 4.14. The Kier molecular flexibility index (Phi) is 2.69. The predicted octanol–water partition coefficient (Wildman–Crippen LogP) is 1.73. The van der Waals surface area contributed by atoms with Gasteiger partial charge >= 0.3 is 0 Å². The number of methoxy groups -OCH3 is 1. The first-order valence-corrected chi connectivity index (χ1v) is 4.70. The number of anilines is 1. The second-order valence-corrected chi connectivity index (χ2v) is 3.27. The molecule has 1 aromatic carbocycles. The summed E-state index contributed by atoms with van der Waals surface area (Å²) < 4.78 is 5.41. The van der Waals surface area contributed by atoms with E-state index in [1.807, 2.05) is 30.3 Å². The molecule has 0 aliphatic heterocycles. The first kappa shape index (κ1) is 9.73. The highest BCUT2D eigenvalue weighted by Crippen LogP contribution is 2.24. The van der Waals surface area contributed by atoms with Crippen LogP contribution in [-0.4, -0.2) is 17.3 Å². The number of hydrogen-bond donors (Lipinski definition) is 2. The average Bonchev–Trinajstić information content (AvgIpc) is 2.68. The Morgan fingerprint density at radius 2 is 2.07 bits per heavy atom. The van der Waals surface area contributed by atoms with Gasteiger partial charge in [0.1, 0.15) is 11.9 Å². The molecule has 0 saturated carbocycles. The highest BCUT2D eigenvalue weighted by Gasteiger charge is 2.14. The van der Waals surface area contributed by atoms with E-state index in [0.29, 0.717) is 5.82 Å². The van der Waals surface area contributed by atoms with Crippen LogP contribution in [0.4, 0.5) is 5.82 Å². The molecule has 1 atom stereocenters. The first-order chi connectivity index (χ1) is 7.31. The lowest BCUT2D eigenvalue weighted by molar-refractivity contribution is 0.133. The third-order valence-corrected chi connectivity index (χ3v) is 2.24. The maximum Gasteiger partial charge on any atom is 0.145 e. The number of aromatic amines is 1. The molecule has 0 aliphatic carbocycles. The molecule has 1 heterocycles. The normalized spacial score (nSPS) is 12.6. The molecule has 0 aliphatic rings. The van der Waals surface area contributed by atoms with E-state index in [-0.39, 0.29) is 6.10 Å². The molecule has 0 bridgehead atoms. The number of nitrogens with two attached hydrogens (primary N) is 1. The molecule has 15 heavy (non-hydrogen) atoms. The number of nitrogen functional groups attached to an aromatic ring is 1. The third kappa shape index (κ3) is 1.99. The minimum absolute atomic E-state index is 0.143. The van der Waals surface area contributed by atoms with Crippen molar-refractivity contribution in [1.29, 1.82) is 0 Å². The number of hydrogen-bond acceptors (Lipinski definition) is 3. The van der Waals surface area contributed by atoms with E-state index in [1.54, 1.807) is 13.2 Å². The number of ether oxygens (including phenoxy) is 1. The molecule has 2 rings (SSSR count). The lowest BCUT2D eigenvalue weighted by Crippen LogP contribution is -2.03. The van der Waals surface area contributed by atoms with Gasteiger partial charge in [-0.3, -0.25) is 5.10 Å². The van der Waals surface area contributed by atoms with Gasteiger partial charge in [0.05, 0.1) is 5.69 Å². The summed E-state index contributed by atoms with van der Waals surface area (Å²) in [4.78, 5) is 0. The van der Waals surface area contributed by atoms with Crippen molar-refractivity contribution in [2.24, 2.45) is 0 Å². The summed E-state index contributed by atoms with van der Waals surface area (Å²) in [5.41, 5.74) is 7.49. The zero-order chi connectivity index (χ0) is 10.7. The minimum Gasteiger partial charge on any atom is -0.382 e. The van der Waals surface area contributed by atoms with E-state index < -0.39 is 0 Å². The van der Waals surface area contributed by atoms with Crippen LogP contribution in [0, 0.1) is 0 Å². The SMILES string of the molecule is COC(c1ccccc1)c1cc(N)n[nH]1. The fourth-order valence-electron chi connectivity index (χ4n) is 1.56. The van der Waals surface area contributed by atoms with Crippen LogP contribution in [0.2, 0.25) is 0 Å². The fraction of sp³-hybridized carbons (Fsp3) is 0.182. The van der Waals surface area contributed by atoms with Crippen LogP contribution in [0.25, 0.3) is 0 Å². The van der Waals surface area contributed by atoms with Gasteiger partial charge in [-0.1, -0.05) is 30.3 Å². The quantitative estimate of drug-likeness (QED) is 0.798. The number of benzene rings is 1. The fourth-order valence-corrected chi connectivity index (χ4v) is 1.56. The van der Waals surface area contributed by atoms with Gasteiger partial charge in [0.25, 0.3) is 0 Å². The van der Waals surface area contributed by atoms with Crippen LogP contribution >= 0.6 is 0 Å². The van der Waals surface area contributed by atoms with Gasteiger partial charge in [-0.15, -0.1) is 0 Å². The van der Waals surface area contributed by atoms with E-state index in [4.69, 9.17) is 10.5 Å². The van der Waals surface area contributed by atoms with E-state index in [9.17, 15) is 0 Å². The number of nitrogens with one attached hydrogen (secondary N) is 1. The van der Waals surface area contributed by atoms with Crippen LogP contribution in [0.3, 0.4) is 0 Å². The van der Waals surface area contributed by atoms with Crippen LogP contribution in [0.5, 0.6) is 0 Å². The van der Waals surface area contributed by atoms with Crippen molar-refractivity contribution in [1.82, 2.24) is 10.2 Å². The highest BCUT2D eigenvalue weighted by molar-refractivity contribution is 5.34. The maximum absolute atomic E-state index is 5.55. The van der Waals surface area contributed by atoms with Crippen molar-refractivity contribution in [2.45, 2.75) is 6.10 Å². The zero-order valence-electron chi connectivity index (χ0n) is 8.47. The lowest BCUT2D eigenvalue weighted by Gasteiger charge is -2.13. The van der Waals surface area contributed by atoms with Gasteiger partial charge in [-0.05, 0) is 5.56 Å². The molecular weight excluding hydrogens is 190 g/mol. The van der Waals surface area contributed by atoms with Crippen LogP contribution in [0.15, 0.2) is 36.4 Å². The summed E-state index contributed by atoms with van der Waals surface area (Å²) >= 11 is 0. The number of rotatable bonds is 3. The molecule has 0 saturated heterocycles. The summed E-state index contributed by atoms with van der Waals surface area (Å²) in [5.74, 6) is 0.475. The van der Waals surface area contributed by atoms with Gasteiger partial charge in [0.15, 0.2) is 0 Å². The van der Waals surface area contributed by atoms with Crippen LogP contribution in [-0.2, 0) is 4.74 Å². The van der Waals surface area contributed by atoms with Gasteiger partial charge in [-0.2, -0.15) is 5.10 Å². The molecule has 1 unspecified atom stereocenters. The third-order valence-electron chi connectivity index (χ3n) is 2.24. The molecule has 0 amide bonds. The monoisotopic (exact) mass is 203 g/mol. The minimum atomic E-state index is -0.143. The molecule has 0 fully saturated rings. The Hall–Kier alpha value is -1.81. The standard InChI is InChI=1S/C11H13N3O/c1-15-11(8-5-3-2-4-6-8)9-7-10(12)14-13-9/h2-7,11H,1H3,(H3,12,13,14). The van der Waals surface area contributed by atoms with E-state index >= 15 is 0 Å². The van der Waals surface area contributed by atoms with E-state index in [0.717, 1.165) is 11.3 Å². The van der Waals surface area contributed by atoms with E-state index in [1.165, 1.54) is 0 Å². The largest absolute Gasteiger partial charge is 0.382 e. The summed E-state index contributed by atoms with van der Waals surface area (Å²) in [6, 6.07) is 11.7. The number of nitrogens with zero attached hydrogens (tertiary/aromatic N) is 1. The number of H-pyrrole nitrogens is 1. The Bertz CT molecular complexity index is 424. The van der Waals surface area contributed by atoms with Gasteiger partial charge in [0, 0.05) is 13.2 Å². The molecule has 78 valence electrons. The molecule has 0 radical (unpaired) electrons. The van der Waals surface area contributed by atoms with Gasteiger partial charge in [0.2, 0.25) is 0 Å². The Labute approximate surface area is 88.1 Å². The summed E-state index contributed by atoms with van der Waals surface area (Å²) in [6.45, 7) is 0. The van der Waals surface area contributed by atoms with Crippen molar-refractivity contribution in [3.8, 4) is 0 Å². The van der Waals surface area contributed by atoms with Gasteiger partial charge < -0.3 is 10.5 Å². The van der Waals surface area contributed by atoms with Crippen molar-refractivity contribution >= 4 is 5.82 Å². The Morgan fingerprint density at radius 1 is 1.33 bits per heavy atom. The lowest BCUT2D eigenvalue weighted by atomic mass is 10.1. The van der Waals surface area contributed by atoms with Gasteiger partial charge in [-0.25, -0.2) is 0 Å². The number of aromatic nitrogens is 2. The zero-order valence-corrected chi connectivity index (χ0v) is 8.47. The second-order valence-electron chi connectivity index (χ2n) is 3.27. The molecule has 0 spiro atoms. The van der Waals surface area contributed by atoms with Crippen molar-refractivity contribution in [3.63, 3.8) is 0 Å². The molecular formula is C11H13N3O. The van der Waals surface area contributed by atoms with Crippen molar-refractivity contribution in [2.75, 3.05) is 12.8 Å². The molecule has 2 aromatic rings. The molecule has 3 N–H and O–H groups in total. The van der Waals surface area contributed by atoms with E-state index in [2.05, 4.69) is 10.2 Å². The van der Waals surface area contributed by atoms with Crippen molar-refractivity contribution < 1.29 is 4.74 Å². The van der Waals surface area contributed by atoms with Crippen molar-refractivity contribution in [3.05, 3.63) is 47.7 Å². The predicted molar refractivity (Wildman–Crippen MR) is 58.3 cm³/mol. The smallest absolute Gasteiger partial charge is 0.145 e. The Morgan fingerprint density at radius 3 is 2.60 bits per heavy atom. The molecule has 1 aromatic heterocycles. The molecule has 4 heteroatoms.